The molecule has 1 saturated heterocycles. The summed E-state index contributed by atoms with van der Waals surface area (Å²) in [6.07, 6.45) is 2.31. The Hall–Kier alpha value is -0.580. The average molecular weight is 348 g/mol. The number of nitrogens with zero attached hydrogens (tertiary/aromatic N) is 1. The van der Waals surface area contributed by atoms with Gasteiger partial charge >= 0.3 is 0 Å². The highest BCUT2D eigenvalue weighted by Gasteiger charge is 2.23. The van der Waals surface area contributed by atoms with Crippen molar-refractivity contribution in [3.05, 3.63) is 34.3 Å². The molecule has 0 spiro atoms. The van der Waals surface area contributed by atoms with Crippen molar-refractivity contribution in [2.45, 2.75) is 12.8 Å². The molecule has 1 aliphatic heterocycles. The molecule has 19 heavy (non-hydrogen) atoms. The SMILES string of the molecule is CNCC1CCCN(C(=O)c2cccc(Br)c2)C1.Cl. The van der Waals surface area contributed by atoms with Crippen molar-refractivity contribution >= 4 is 34.2 Å². The minimum Gasteiger partial charge on any atom is -0.338 e. The van der Waals surface area contributed by atoms with Gasteiger partial charge in [-0.3, -0.25) is 4.79 Å². The summed E-state index contributed by atoms with van der Waals surface area (Å²) in [5.74, 6) is 0.733. The first-order valence-electron chi connectivity index (χ1n) is 6.40. The minimum absolute atomic E-state index is 0. The molecule has 1 amide bonds. The van der Waals surface area contributed by atoms with Crippen LogP contribution >= 0.6 is 28.3 Å². The Bertz CT molecular complexity index is 426. The smallest absolute Gasteiger partial charge is 0.253 e. The van der Waals surface area contributed by atoms with Crippen molar-refractivity contribution in [3.8, 4) is 0 Å². The standard InChI is InChI=1S/C14H19BrN2O.ClH/c1-16-9-11-4-3-7-17(10-11)14(18)12-5-2-6-13(15)8-12;/h2,5-6,8,11,16H,3-4,7,9-10H2,1H3;1H. The van der Waals surface area contributed by atoms with Crippen LogP contribution in [0.25, 0.3) is 0 Å². The first-order chi connectivity index (χ1) is 8.70. The van der Waals surface area contributed by atoms with Crippen LogP contribution in [-0.2, 0) is 0 Å². The number of nitrogens with one attached hydrogen (secondary N) is 1. The molecule has 0 radical (unpaired) electrons. The Kier molecular flexibility index (Phi) is 6.83. The van der Waals surface area contributed by atoms with Gasteiger partial charge in [0.2, 0.25) is 0 Å². The third-order valence-electron chi connectivity index (χ3n) is 3.37. The molecule has 1 aliphatic rings. The number of carbonyl (C=O) groups is 1. The molecule has 2 rings (SSSR count). The van der Waals surface area contributed by atoms with E-state index in [9.17, 15) is 4.79 Å². The van der Waals surface area contributed by atoms with Gasteiger partial charge in [-0.15, -0.1) is 12.4 Å². The van der Waals surface area contributed by atoms with E-state index in [1.165, 1.54) is 6.42 Å². The van der Waals surface area contributed by atoms with Crippen molar-refractivity contribution in [2.75, 3.05) is 26.7 Å². The lowest BCUT2D eigenvalue weighted by Gasteiger charge is -2.32. The van der Waals surface area contributed by atoms with Gasteiger partial charge in [-0.2, -0.15) is 0 Å². The fraction of sp³-hybridized carbons (Fsp3) is 0.500. The molecule has 3 nitrogen and oxygen atoms in total. The molecule has 1 fully saturated rings. The van der Waals surface area contributed by atoms with Gasteiger partial charge in [0.25, 0.3) is 5.91 Å². The summed E-state index contributed by atoms with van der Waals surface area (Å²) in [4.78, 5) is 14.4. The highest BCUT2D eigenvalue weighted by atomic mass is 79.9. The predicted octanol–water partition coefficient (Wildman–Crippen LogP) is 2.94. The largest absolute Gasteiger partial charge is 0.338 e. The zero-order valence-corrected chi connectivity index (χ0v) is 13.5. The zero-order chi connectivity index (χ0) is 13.0. The molecule has 106 valence electrons. The van der Waals surface area contributed by atoms with Gasteiger partial charge in [0.15, 0.2) is 0 Å². The van der Waals surface area contributed by atoms with Crippen molar-refractivity contribution in [1.29, 1.82) is 0 Å². The van der Waals surface area contributed by atoms with Crippen LogP contribution in [0.3, 0.4) is 0 Å². The number of carbonyl (C=O) groups excluding carboxylic acids is 1. The Morgan fingerprint density at radius 1 is 1.53 bits per heavy atom. The quantitative estimate of drug-likeness (QED) is 0.912. The van der Waals surface area contributed by atoms with Crippen LogP contribution in [0.15, 0.2) is 28.7 Å². The van der Waals surface area contributed by atoms with E-state index in [1.54, 1.807) is 0 Å². The Labute approximate surface area is 129 Å². The van der Waals surface area contributed by atoms with E-state index in [4.69, 9.17) is 0 Å². The second kappa shape index (κ2) is 7.88. The molecule has 1 aromatic rings. The summed E-state index contributed by atoms with van der Waals surface area (Å²) < 4.78 is 0.956. The van der Waals surface area contributed by atoms with Gasteiger partial charge in [-0.1, -0.05) is 22.0 Å². The lowest BCUT2D eigenvalue weighted by molar-refractivity contribution is 0.0674. The topological polar surface area (TPSA) is 32.3 Å². The molecular weight excluding hydrogens is 328 g/mol. The average Bonchev–Trinajstić information content (AvgIpc) is 2.39. The second-order valence-corrected chi connectivity index (χ2v) is 5.74. The van der Waals surface area contributed by atoms with E-state index in [0.717, 1.165) is 36.1 Å². The summed E-state index contributed by atoms with van der Waals surface area (Å²) in [6, 6.07) is 7.63. The molecule has 0 aliphatic carbocycles. The summed E-state index contributed by atoms with van der Waals surface area (Å²) in [5.41, 5.74) is 0.773. The Morgan fingerprint density at radius 3 is 3.00 bits per heavy atom. The lowest BCUT2D eigenvalue weighted by atomic mass is 9.97. The van der Waals surface area contributed by atoms with E-state index < -0.39 is 0 Å². The normalized spacial score (nSPS) is 18.8. The van der Waals surface area contributed by atoms with Crippen molar-refractivity contribution < 1.29 is 4.79 Å². The number of rotatable bonds is 3. The summed E-state index contributed by atoms with van der Waals surface area (Å²) in [7, 11) is 1.97. The molecule has 1 unspecified atom stereocenters. The number of halogens is 2. The molecule has 1 heterocycles. The number of hydrogen-bond donors (Lipinski definition) is 1. The zero-order valence-electron chi connectivity index (χ0n) is 11.1. The molecule has 5 heteroatoms. The third kappa shape index (κ3) is 4.48. The maximum Gasteiger partial charge on any atom is 0.253 e. The van der Waals surface area contributed by atoms with Crippen LogP contribution in [0.2, 0.25) is 0 Å². The highest BCUT2D eigenvalue weighted by Crippen LogP contribution is 2.19. The number of amides is 1. The molecule has 1 N–H and O–H groups in total. The van der Waals surface area contributed by atoms with Crippen LogP contribution in [0.4, 0.5) is 0 Å². The van der Waals surface area contributed by atoms with Gasteiger partial charge in [0, 0.05) is 23.1 Å². The molecular formula is C14H20BrClN2O. The number of benzene rings is 1. The molecule has 0 bridgehead atoms. The van der Waals surface area contributed by atoms with Crippen LogP contribution in [0.1, 0.15) is 23.2 Å². The fourth-order valence-corrected chi connectivity index (χ4v) is 2.91. The van der Waals surface area contributed by atoms with Crippen LogP contribution < -0.4 is 5.32 Å². The maximum absolute atomic E-state index is 12.4. The fourth-order valence-electron chi connectivity index (χ4n) is 2.51. The van der Waals surface area contributed by atoms with Gasteiger partial charge in [-0.25, -0.2) is 0 Å². The van der Waals surface area contributed by atoms with Gasteiger partial charge < -0.3 is 10.2 Å². The monoisotopic (exact) mass is 346 g/mol. The first kappa shape index (κ1) is 16.5. The predicted molar refractivity (Wildman–Crippen MR) is 83.9 cm³/mol. The molecule has 1 atom stereocenters. The van der Waals surface area contributed by atoms with Crippen molar-refractivity contribution in [3.63, 3.8) is 0 Å². The van der Waals surface area contributed by atoms with E-state index >= 15 is 0 Å². The van der Waals surface area contributed by atoms with Crippen LogP contribution in [0, 0.1) is 5.92 Å². The van der Waals surface area contributed by atoms with E-state index in [0.29, 0.717) is 5.92 Å². The first-order valence-corrected chi connectivity index (χ1v) is 7.19. The second-order valence-electron chi connectivity index (χ2n) is 4.83. The number of piperidine rings is 1. The third-order valence-corrected chi connectivity index (χ3v) is 3.86. The van der Waals surface area contributed by atoms with Gasteiger partial charge in [0.05, 0.1) is 0 Å². The number of hydrogen-bond acceptors (Lipinski definition) is 2. The Morgan fingerprint density at radius 2 is 2.32 bits per heavy atom. The van der Waals surface area contributed by atoms with Crippen LogP contribution in [-0.4, -0.2) is 37.5 Å². The minimum atomic E-state index is 0. The van der Waals surface area contributed by atoms with E-state index in [-0.39, 0.29) is 18.3 Å². The highest BCUT2D eigenvalue weighted by molar-refractivity contribution is 9.10. The van der Waals surface area contributed by atoms with Gasteiger partial charge in [-0.05, 0) is 50.6 Å². The van der Waals surface area contributed by atoms with E-state index in [2.05, 4.69) is 21.2 Å². The van der Waals surface area contributed by atoms with E-state index in [1.807, 2.05) is 36.2 Å². The van der Waals surface area contributed by atoms with Gasteiger partial charge in [0.1, 0.15) is 0 Å². The molecule has 0 aromatic heterocycles. The van der Waals surface area contributed by atoms with Crippen molar-refractivity contribution in [1.82, 2.24) is 10.2 Å². The summed E-state index contributed by atoms with van der Waals surface area (Å²) in [5, 5.41) is 3.20. The molecule has 0 saturated carbocycles. The molecule has 1 aromatic carbocycles. The lowest BCUT2D eigenvalue weighted by Crippen LogP contribution is -2.42. The maximum atomic E-state index is 12.4. The van der Waals surface area contributed by atoms with Crippen LogP contribution in [0.5, 0.6) is 0 Å². The van der Waals surface area contributed by atoms with Crippen molar-refractivity contribution in [2.24, 2.45) is 5.92 Å². The summed E-state index contributed by atoms with van der Waals surface area (Å²) >= 11 is 3.41. The summed E-state index contributed by atoms with van der Waals surface area (Å²) in [6.45, 7) is 2.74. The number of likely N-dealkylation sites (tertiary alicyclic amines) is 1. The Balaban J connectivity index is 0.00000180.